The highest BCUT2D eigenvalue weighted by Crippen LogP contribution is 2.22. The Morgan fingerprint density at radius 3 is 2.19 bits per heavy atom. The van der Waals surface area contributed by atoms with Gasteiger partial charge in [-0.2, -0.15) is 0 Å². The number of hydrogen-bond donors (Lipinski definition) is 3. The van der Waals surface area contributed by atoms with E-state index >= 15 is 0 Å². The fourth-order valence-electron chi connectivity index (χ4n) is 1.64. The highest BCUT2D eigenvalue weighted by atomic mass is 16.4. The van der Waals surface area contributed by atoms with Crippen molar-refractivity contribution in [3.05, 3.63) is 28.8 Å². The lowest BCUT2D eigenvalue weighted by molar-refractivity contribution is -0.156. The summed E-state index contributed by atoms with van der Waals surface area (Å²) in [5.74, 6) is -1.22. The van der Waals surface area contributed by atoms with Crippen LogP contribution >= 0.6 is 0 Å². The molecular formula is C12H17NO3. The quantitative estimate of drug-likeness (QED) is 0.674. The van der Waals surface area contributed by atoms with Gasteiger partial charge in [-0.1, -0.05) is 12.1 Å². The Kier molecular flexibility index (Phi) is 3.24. The first-order valence-corrected chi connectivity index (χ1v) is 5.05. The van der Waals surface area contributed by atoms with Crippen LogP contribution in [0.5, 0.6) is 0 Å². The van der Waals surface area contributed by atoms with Gasteiger partial charge < -0.3 is 15.9 Å². The van der Waals surface area contributed by atoms with Gasteiger partial charge in [0.2, 0.25) is 0 Å². The fraction of sp³-hybridized carbons (Fsp3) is 0.417. The van der Waals surface area contributed by atoms with Crippen LogP contribution < -0.4 is 5.73 Å². The molecule has 4 nitrogen and oxygen atoms in total. The Bertz CT molecular complexity index is 401. The Morgan fingerprint density at radius 1 is 1.38 bits per heavy atom. The summed E-state index contributed by atoms with van der Waals surface area (Å²) in [6.45, 7) is 5.01. The molecule has 1 aromatic carbocycles. The molecule has 0 fully saturated rings. The topological polar surface area (TPSA) is 83.5 Å². The van der Waals surface area contributed by atoms with Crippen LogP contribution in [-0.4, -0.2) is 21.8 Å². The molecule has 1 atom stereocenters. The molecule has 0 amide bonds. The maximum Gasteiger partial charge on any atom is 0.335 e. The zero-order valence-corrected chi connectivity index (χ0v) is 9.74. The molecule has 4 N–H and O–H groups in total. The molecule has 0 unspecified atom stereocenters. The van der Waals surface area contributed by atoms with E-state index in [1.165, 1.54) is 6.92 Å². The van der Waals surface area contributed by atoms with Crippen molar-refractivity contribution in [1.82, 2.24) is 0 Å². The van der Waals surface area contributed by atoms with Gasteiger partial charge in [-0.25, -0.2) is 4.79 Å². The van der Waals surface area contributed by atoms with E-state index in [1.807, 2.05) is 13.8 Å². The molecular weight excluding hydrogens is 206 g/mol. The van der Waals surface area contributed by atoms with Gasteiger partial charge in [0.25, 0.3) is 0 Å². The first-order valence-electron chi connectivity index (χ1n) is 5.05. The largest absolute Gasteiger partial charge is 0.479 e. The summed E-state index contributed by atoms with van der Waals surface area (Å²) in [6, 6.07) is 3.61. The highest BCUT2D eigenvalue weighted by Gasteiger charge is 2.30. The van der Waals surface area contributed by atoms with Crippen LogP contribution in [0.2, 0.25) is 0 Å². The van der Waals surface area contributed by atoms with E-state index in [2.05, 4.69) is 0 Å². The molecule has 0 saturated heterocycles. The third-order valence-corrected chi connectivity index (χ3v) is 2.66. The fourth-order valence-corrected chi connectivity index (χ4v) is 1.64. The zero-order valence-electron chi connectivity index (χ0n) is 9.74. The van der Waals surface area contributed by atoms with Crippen molar-refractivity contribution in [3.63, 3.8) is 0 Å². The number of carboxylic acid groups (broad SMARTS) is 1. The molecule has 88 valence electrons. The standard InChI is InChI=1S/C12H17NO3/c1-7-4-9(5-8(2)10(7)13)6-12(3,16)11(14)15/h4-5,16H,6,13H2,1-3H3,(H,14,15)/t12-/m1/s1. The summed E-state index contributed by atoms with van der Waals surface area (Å²) in [5.41, 5.74) is 7.33. The molecule has 0 aliphatic heterocycles. The van der Waals surface area contributed by atoms with E-state index in [1.54, 1.807) is 12.1 Å². The highest BCUT2D eigenvalue weighted by molar-refractivity contribution is 5.77. The van der Waals surface area contributed by atoms with Crippen LogP contribution in [0.25, 0.3) is 0 Å². The summed E-state index contributed by atoms with van der Waals surface area (Å²) in [5, 5.41) is 18.5. The second-order valence-corrected chi connectivity index (χ2v) is 4.40. The molecule has 0 saturated carbocycles. The van der Waals surface area contributed by atoms with Crippen LogP contribution in [0.1, 0.15) is 23.6 Å². The maximum absolute atomic E-state index is 10.8. The van der Waals surface area contributed by atoms with Gasteiger partial charge in [0.1, 0.15) is 0 Å². The van der Waals surface area contributed by atoms with Crippen molar-refractivity contribution in [2.75, 3.05) is 5.73 Å². The molecule has 1 rings (SSSR count). The number of carbonyl (C=O) groups is 1. The number of aliphatic carboxylic acids is 1. The molecule has 0 spiro atoms. The van der Waals surface area contributed by atoms with E-state index in [9.17, 15) is 9.90 Å². The summed E-state index contributed by atoms with van der Waals surface area (Å²) >= 11 is 0. The van der Waals surface area contributed by atoms with E-state index in [4.69, 9.17) is 10.8 Å². The minimum absolute atomic E-state index is 0.0737. The molecule has 0 radical (unpaired) electrons. The van der Waals surface area contributed by atoms with Crippen LogP contribution in [0, 0.1) is 13.8 Å². The van der Waals surface area contributed by atoms with Gasteiger partial charge >= 0.3 is 5.97 Å². The first-order chi connectivity index (χ1) is 7.24. The monoisotopic (exact) mass is 223 g/mol. The van der Waals surface area contributed by atoms with Crippen molar-refractivity contribution in [2.45, 2.75) is 32.8 Å². The number of aryl methyl sites for hydroxylation is 2. The maximum atomic E-state index is 10.8. The molecule has 0 aliphatic carbocycles. The third kappa shape index (κ3) is 2.52. The van der Waals surface area contributed by atoms with E-state index < -0.39 is 11.6 Å². The smallest absolute Gasteiger partial charge is 0.335 e. The second-order valence-electron chi connectivity index (χ2n) is 4.40. The predicted octanol–water partition coefficient (Wildman–Crippen LogP) is 1.26. The minimum atomic E-state index is -1.74. The second kappa shape index (κ2) is 4.14. The Balaban J connectivity index is 3.04. The van der Waals surface area contributed by atoms with Gasteiger partial charge in [0, 0.05) is 12.1 Å². The van der Waals surface area contributed by atoms with E-state index in [0.29, 0.717) is 5.69 Å². The van der Waals surface area contributed by atoms with Gasteiger partial charge in [0.05, 0.1) is 0 Å². The lowest BCUT2D eigenvalue weighted by atomic mass is 9.94. The summed E-state index contributed by atoms with van der Waals surface area (Å²) in [7, 11) is 0. The molecule has 0 bridgehead atoms. The van der Waals surface area contributed by atoms with Crippen molar-refractivity contribution >= 4 is 11.7 Å². The Hall–Kier alpha value is -1.55. The lowest BCUT2D eigenvalue weighted by Gasteiger charge is -2.19. The lowest BCUT2D eigenvalue weighted by Crippen LogP contribution is -2.37. The summed E-state index contributed by atoms with van der Waals surface area (Å²) in [6.07, 6.45) is 0.0737. The molecule has 0 aliphatic rings. The number of anilines is 1. The normalized spacial score (nSPS) is 14.5. The van der Waals surface area contributed by atoms with Gasteiger partial charge in [-0.05, 0) is 37.5 Å². The number of benzene rings is 1. The van der Waals surface area contributed by atoms with Crippen LogP contribution in [0.15, 0.2) is 12.1 Å². The van der Waals surface area contributed by atoms with E-state index in [0.717, 1.165) is 16.7 Å². The molecule has 1 aromatic rings. The summed E-state index contributed by atoms with van der Waals surface area (Å²) in [4.78, 5) is 10.8. The van der Waals surface area contributed by atoms with Crippen LogP contribution in [0.3, 0.4) is 0 Å². The molecule has 0 heterocycles. The zero-order chi connectivity index (χ0) is 12.5. The number of nitrogen functional groups attached to an aromatic ring is 1. The summed E-state index contributed by atoms with van der Waals surface area (Å²) < 4.78 is 0. The number of aliphatic hydroxyl groups is 1. The predicted molar refractivity (Wildman–Crippen MR) is 62.3 cm³/mol. The van der Waals surface area contributed by atoms with Crippen molar-refractivity contribution in [2.24, 2.45) is 0 Å². The van der Waals surface area contributed by atoms with Crippen molar-refractivity contribution in [3.8, 4) is 0 Å². The Labute approximate surface area is 94.7 Å². The molecule has 0 aromatic heterocycles. The van der Waals surface area contributed by atoms with Crippen molar-refractivity contribution in [1.29, 1.82) is 0 Å². The first kappa shape index (κ1) is 12.5. The number of carboxylic acids is 1. The van der Waals surface area contributed by atoms with Gasteiger partial charge in [-0.3, -0.25) is 0 Å². The third-order valence-electron chi connectivity index (χ3n) is 2.66. The average Bonchev–Trinajstić information content (AvgIpc) is 2.13. The number of hydrogen-bond acceptors (Lipinski definition) is 3. The van der Waals surface area contributed by atoms with Gasteiger partial charge in [-0.15, -0.1) is 0 Å². The average molecular weight is 223 g/mol. The SMILES string of the molecule is Cc1cc(C[C@@](C)(O)C(=O)O)cc(C)c1N. The molecule has 16 heavy (non-hydrogen) atoms. The van der Waals surface area contributed by atoms with Gasteiger partial charge in [0.15, 0.2) is 5.60 Å². The van der Waals surface area contributed by atoms with Crippen LogP contribution in [-0.2, 0) is 11.2 Å². The van der Waals surface area contributed by atoms with Crippen LogP contribution in [0.4, 0.5) is 5.69 Å². The molecule has 4 heteroatoms. The minimum Gasteiger partial charge on any atom is -0.479 e. The van der Waals surface area contributed by atoms with E-state index in [-0.39, 0.29) is 6.42 Å². The number of nitrogens with two attached hydrogens (primary N) is 1. The Morgan fingerprint density at radius 2 is 1.81 bits per heavy atom. The van der Waals surface area contributed by atoms with Crippen molar-refractivity contribution < 1.29 is 15.0 Å². The number of rotatable bonds is 3.